The summed E-state index contributed by atoms with van der Waals surface area (Å²) in [6, 6.07) is 15.2. The number of rotatable bonds is 7. The van der Waals surface area contributed by atoms with Crippen molar-refractivity contribution in [3.63, 3.8) is 0 Å². The normalized spacial score (nSPS) is 11.5. The average molecular weight is 410 g/mol. The van der Waals surface area contributed by atoms with Gasteiger partial charge in [-0.15, -0.1) is 0 Å². The first kappa shape index (κ1) is 20.2. The van der Waals surface area contributed by atoms with Gasteiger partial charge in [0, 0.05) is 42.1 Å². The Hall–Kier alpha value is -4.11. The maximum Gasteiger partial charge on any atom is 0.205 e. The van der Waals surface area contributed by atoms with Crippen molar-refractivity contribution in [1.29, 1.82) is 5.26 Å². The Kier molecular flexibility index (Phi) is 5.67. The Morgan fingerprint density at radius 2 is 2.06 bits per heavy atom. The summed E-state index contributed by atoms with van der Waals surface area (Å²) in [6.45, 7) is 2.43. The number of benzene rings is 2. The molecule has 0 fully saturated rings. The number of hydrogen-bond acceptors (Lipinski definition) is 4. The number of Topliss-reactive ketones (excluding diaryl/α,β-unsaturated/α-hetero) is 1. The highest BCUT2D eigenvalue weighted by molar-refractivity contribution is 6.20. The molecule has 0 bridgehead atoms. The van der Waals surface area contributed by atoms with Crippen LogP contribution in [-0.2, 0) is 20.1 Å². The van der Waals surface area contributed by atoms with Crippen LogP contribution in [0.5, 0.6) is 5.75 Å². The van der Waals surface area contributed by atoms with E-state index in [2.05, 4.69) is 23.0 Å². The van der Waals surface area contributed by atoms with Crippen LogP contribution < -0.4 is 4.74 Å². The van der Waals surface area contributed by atoms with Gasteiger partial charge in [0.25, 0.3) is 0 Å². The van der Waals surface area contributed by atoms with E-state index in [-0.39, 0.29) is 11.4 Å². The number of aryl methyl sites for hydroxylation is 2. The Bertz CT molecular complexity index is 1300. The number of imidazole rings is 1. The molecule has 2 heterocycles. The SMILES string of the molecule is CCc1cccc2c(C(=O)/C(C#N)=C/c3ccc(OCc4nccn4C)cc3)c[nH]c12. The van der Waals surface area contributed by atoms with E-state index >= 15 is 0 Å². The van der Waals surface area contributed by atoms with Crippen LogP contribution in [0.4, 0.5) is 0 Å². The minimum absolute atomic E-state index is 0.0875. The number of H-pyrrole nitrogens is 1. The van der Waals surface area contributed by atoms with Gasteiger partial charge in [-0.25, -0.2) is 4.98 Å². The number of carbonyl (C=O) groups excluding carboxylic acids is 1. The van der Waals surface area contributed by atoms with Crippen LogP contribution in [0.1, 0.15) is 34.2 Å². The van der Waals surface area contributed by atoms with E-state index < -0.39 is 0 Å². The smallest absolute Gasteiger partial charge is 0.205 e. The number of ketones is 1. The van der Waals surface area contributed by atoms with E-state index in [0.29, 0.717) is 17.9 Å². The Labute approximate surface area is 180 Å². The van der Waals surface area contributed by atoms with Gasteiger partial charge in [-0.1, -0.05) is 37.3 Å². The Morgan fingerprint density at radius 3 is 2.74 bits per heavy atom. The van der Waals surface area contributed by atoms with Gasteiger partial charge in [-0.2, -0.15) is 5.26 Å². The van der Waals surface area contributed by atoms with Crippen LogP contribution in [0, 0.1) is 11.3 Å². The van der Waals surface area contributed by atoms with Gasteiger partial charge in [-0.05, 0) is 35.8 Å². The molecule has 31 heavy (non-hydrogen) atoms. The molecule has 0 radical (unpaired) electrons. The highest BCUT2D eigenvalue weighted by Crippen LogP contribution is 2.25. The summed E-state index contributed by atoms with van der Waals surface area (Å²) in [5.41, 5.74) is 3.43. The zero-order valence-corrected chi connectivity index (χ0v) is 17.4. The Morgan fingerprint density at radius 1 is 1.26 bits per heavy atom. The topological polar surface area (TPSA) is 83.7 Å². The van der Waals surface area contributed by atoms with Crippen molar-refractivity contribution in [2.75, 3.05) is 0 Å². The van der Waals surface area contributed by atoms with Crippen LogP contribution >= 0.6 is 0 Å². The second kappa shape index (κ2) is 8.72. The fourth-order valence-corrected chi connectivity index (χ4v) is 3.50. The largest absolute Gasteiger partial charge is 0.486 e. The van der Waals surface area contributed by atoms with Gasteiger partial charge >= 0.3 is 0 Å². The molecule has 4 rings (SSSR count). The van der Waals surface area contributed by atoms with Gasteiger partial charge in [0.15, 0.2) is 0 Å². The number of aromatic nitrogens is 3. The number of ether oxygens (including phenoxy) is 1. The molecule has 0 aliphatic carbocycles. The summed E-state index contributed by atoms with van der Waals surface area (Å²) >= 11 is 0. The summed E-state index contributed by atoms with van der Waals surface area (Å²) in [5, 5.41) is 10.5. The highest BCUT2D eigenvalue weighted by Gasteiger charge is 2.17. The van der Waals surface area contributed by atoms with Crippen molar-refractivity contribution >= 4 is 22.8 Å². The van der Waals surface area contributed by atoms with Gasteiger partial charge in [-0.3, -0.25) is 4.79 Å². The molecule has 0 aliphatic rings. The number of fused-ring (bicyclic) bond motifs is 1. The molecule has 0 spiro atoms. The first-order chi connectivity index (χ1) is 15.1. The lowest BCUT2D eigenvalue weighted by Gasteiger charge is -2.06. The van der Waals surface area contributed by atoms with E-state index in [0.717, 1.165) is 34.3 Å². The van der Waals surface area contributed by atoms with Crippen molar-refractivity contribution in [2.45, 2.75) is 20.0 Å². The van der Waals surface area contributed by atoms with Crippen LogP contribution in [0.2, 0.25) is 0 Å². The summed E-state index contributed by atoms with van der Waals surface area (Å²) in [4.78, 5) is 20.5. The molecule has 1 N–H and O–H groups in total. The van der Waals surface area contributed by atoms with Crippen molar-refractivity contribution in [1.82, 2.24) is 14.5 Å². The molecule has 0 unspecified atom stereocenters. The van der Waals surface area contributed by atoms with E-state index in [1.54, 1.807) is 18.5 Å². The molecule has 2 aromatic carbocycles. The molecule has 0 saturated carbocycles. The zero-order chi connectivity index (χ0) is 21.8. The minimum Gasteiger partial charge on any atom is -0.486 e. The molecular weight excluding hydrogens is 388 g/mol. The molecule has 0 saturated heterocycles. The third kappa shape index (κ3) is 4.12. The van der Waals surface area contributed by atoms with Gasteiger partial charge in [0.2, 0.25) is 5.78 Å². The zero-order valence-electron chi connectivity index (χ0n) is 17.4. The predicted molar refractivity (Wildman–Crippen MR) is 120 cm³/mol. The molecule has 0 aliphatic heterocycles. The van der Waals surface area contributed by atoms with Crippen LogP contribution in [-0.4, -0.2) is 20.3 Å². The second-order valence-electron chi connectivity index (χ2n) is 7.21. The second-order valence-corrected chi connectivity index (χ2v) is 7.21. The summed E-state index contributed by atoms with van der Waals surface area (Å²) < 4.78 is 7.65. The Balaban J connectivity index is 1.54. The van der Waals surface area contributed by atoms with E-state index in [9.17, 15) is 10.1 Å². The van der Waals surface area contributed by atoms with Gasteiger partial charge in [0.1, 0.15) is 29.8 Å². The first-order valence-corrected chi connectivity index (χ1v) is 10.0. The molecule has 6 heteroatoms. The van der Waals surface area contributed by atoms with Crippen LogP contribution in [0.15, 0.2) is 66.6 Å². The van der Waals surface area contributed by atoms with Gasteiger partial charge in [0.05, 0.1) is 0 Å². The van der Waals surface area contributed by atoms with Crippen LogP contribution in [0.3, 0.4) is 0 Å². The molecule has 6 nitrogen and oxygen atoms in total. The molecule has 4 aromatic rings. The molecule has 2 aromatic heterocycles. The van der Waals surface area contributed by atoms with Crippen molar-refractivity contribution in [3.8, 4) is 11.8 Å². The molecular formula is C25H22N4O2. The number of nitrogens with zero attached hydrogens (tertiary/aromatic N) is 3. The summed E-state index contributed by atoms with van der Waals surface area (Å²) in [7, 11) is 1.91. The first-order valence-electron chi connectivity index (χ1n) is 10.0. The monoisotopic (exact) mass is 410 g/mol. The van der Waals surface area contributed by atoms with Gasteiger partial charge < -0.3 is 14.3 Å². The third-order valence-electron chi connectivity index (χ3n) is 5.27. The van der Waals surface area contributed by atoms with Crippen molar-refractivity contribution in [3.05, 3.63) is 89.1 Å². The van der Waals surface area contributed by atoms with E-state index in [1.807, 2.05) is 60.3 Å². The fraction of sp³-hybridized carbons (Fsp3) is 0.160. The lowest BCUT2D eigenvalue weighted by molar-refractivity contribution is 0.104. The molecule has 0 amide bonds. The van der Waals surface area contributed by atoms with Crippen molar-refractivity contribution < 1.29 is 9.53 Å². The number of nitriles is 1. The lowest BCUT2D eigenvalue weighted by atomic mass is 10.00. The number of carbonyl (C=O) groups is 1. The number of hydrogen-bond donors (Lipinski definition) is 1. The number of nitrogens with one attached hydrogen (secondary N) is 1. The number of aromatic amines is 1. The maximum absolute atomic E-state index is 13.0. The predicted octanol–water partition coefficient (Wildman–Crippen LogP) is 4.83. The minimum atomic E-state index is -0.294. The number of para-hydroxylation sites is 1. The fourth-order valence-electron chi connectivity index (χ4n) is 3.50. The molecule has 154 valence electrons. The summed E-state index contributed by atoms with van der Waals surface area (Å²) in [5.74, 6) is 1.22. The standard InChI is InChI=1S/C25H22N4O2/c1-3-18-5-4-6-21-22(15-28-24(18)21)25(30)19(14-26)13-17-7-9-20(10-8-17)31-16-23-27-11-12-29(23)2/h4-13,15,28H,3,16H2,1-2H3/b19-13+. The quantitative estimate of drug-likeness (QED) is 0.269. The van der Waals surface area contributed by atoms with Crippen LogP contribution in [0.25, 0.3) is 17.0 Å². The van der Waals surface area contributed by atoms with E-state index in [4.69, 9.17) is 4.74 Å². The third-order valence-corrected chi connectivity index (χ3v) is 5.27. The van der Waals surface area contributed by atoms with Crippen molar-refractivity contribution in [2.24, 2.45) is 7.05 Å². The average Bonchev–Trinajstić information content (AvgIpc) is 3.42. The highest BCUT2D eigenvalue weighted by atomic mass is 16.5. The number of allylic oxidation sites excluding steroid dienone is 1. The summed E-state index contributed by atoms with van der Waals surface area (Å²) in [6.07, 6.45) is 7.74. The maximum atomic E-state index is 13.0. The van der Waals surface area contributed by atoms with E-state index in [1.165, 1.54) is 0 Å². The lowest BCUT2D eigenvalue weighted by Crippen LogP contribution is -2.03. The molecule has 0 atom stereocenters.